The third kappa shape index (κ3) is 6.89. The molecule has 0 aliphatic heterocycles. The van der Waals surface area contributed by atoms with Gasteiger partial charge < -0.3 is 16.0 Å². The Morgan fingerprint density at radius 1 is 1.15 bits per heavy atom. The van der Waals surface area contributed by atoms with Crippen LogP contribution < -0.4 is 16.0 Å². The van der Waals surface area contributed by atoms with Crippen molar-refractivity contribution in [2.24, 2.45) is 5.92 Å². The molecule has 0 aromatic heterocycles. The molecule has 1 unspecified atom stereocenters. The topological polar surface area (TPSA) is 70.2 Å². The third-order valence-electron chi connectivity index (χ3n) is 3.66. The molecule has 0 bridgehead atoms. The van der Waals surface area contributed by atoms with Gasteiger partial charge in [-0.2, -0.15) is 0 Å². The van der Waals surface area contributed by atoms with Gasteiger partial charge in [0.05, 0.1) is 0 Å². The van der Waals surface area contributed by atoms with Gasteiger partial charge in [-0.05, 0) is 32.7 Å². The maximum atomic E-state index is 11.9. The minimum absolute atomic E-state index is 0.00233. The number of hydrogen-bond acceptors (Lipinski definition) is 3. The minimum atomic E-state index is -0.0910. The van der Waals surface area contributed by atoms with Gasteiger partial charge in [-0.15, -0.1) is 0 Å². The predicted molar refractivity (Wildman–Crippen MR) is 80.4 cm³/mol. The largest absolute Gasteiger partial charge is 0.355 e. The standard InChI is InChI=1S/C15H29N3O2/c1-3-8-16-9-10-17-14(19)11-12(2)18-15(20)13-6-4-5-7-13/h12-13,16H,3-11H2,1-2H3,(H,17,19)(H,18,20). The number of amides is 2. The van der Waals surface area contributed by atoms with E-state index in [2.05, 4.69) is 22.9 Å². The Morgan fingerprint density at radius 3 is 2.50 bits per heavy atom. The van der Waals surface area contributed by atoms with Crippen molar-refractivity contribution < 1.29 is 9.59 Å². The molecule has 1 aliphatic carbocycles. The molecule has 1 saturated carbocycles. The number of rotatable bonds is 9. The summed E-state index contributed by atoms with van der Waals surface area (Å²) in [6, 6.07) is -0.0910. The van der Waals surface area contributed by atoms with Crippen LogP contribution in [0.3, 0.4) is 0 Å². The lowest BCUT2D eigenvalue weighted by Gasteiger charge is -2.16. The van der Waals surface area contributed by atoms with Gasteiger partial charge in [0.15, 0.2) is 0 Å². The zero-order chi connectivity index (χ0) is 14.8. The molecule has 2 amide bonds. The average Bonchev–Trinajstić information content (AvgIpc) is 2.92. The first-order valence-corrected chi connectivity index (χ1v) is 7.91. The minimum Gasteiger partial charge on any atom is -0.355 e. The molecule has 1 atom stereocenters. The second-order valence-corrected chi connectivity index (χ2v) is 5.70. The summed E-state index contributed by atoms with van der Waals surface area (Å²) in [7, 11) is 0. The molecule has 116 valence electrons. The molecule has 5 heteroatoms. The van der Waals surface area contributed by atoms with Crippen molar-refractivity contribution in [2.75, 3.05) is 19.6 Å². The Labute approximate surface area is 122 Å². The van der Waals surface area contributed by atoms with Gasteiger partial charge in [-0.25, -0.2) is 0 Å². The van der Waals surface area contributed by atoms with Crippen LogP contribution >= 0.6 is 0 Å². The molecule has 1 rings (SSSR count). The van der Waals surface area contributed by atoms with E-state index >= 15 is 0 Å². The lowest BCUT2D eigenvalue weighted by Crippen LogP contribution is -2.40. The maximum Gasteiger partial charge on any atom is 0.223 e. The van der Waals surface area contributed by atoms with Gasteiger partial charge in [0.2, 0.25) is 11.8 Å². The molecule has 1 fully saturated rings. The van der Waals surface area contributed by atoms with Gasteiger partial charge in [0.25, 0.3) is 0 Å². The van der Waals surface area contributed by atoms with E-state index in [9.17, 15) is 9.59 Å². The normalized spacial score (nSPS) is 16.9. The zero-order valence-corrected chi connectivity index (χ0v) is 12.8. The van der Waals surface area contributed by atoms with E-state index < -0.39 is 0 Å². The van der Waals surface area contributed by atoms with Crippen LogP contribution in [0.1, 0.15) is 52.4 Å². The van der Waals surface area contributed by atoms with Crippen molar-refractivity contribution in [1.29, 1.82) is 0 Å². The highest BCUT2D eigenvalue weighted by Gasteiger charge is 2.23. The second-order valence-electron chi connectivity index (χ2n) is 5.70. The molecule has 0 aromatic carbocycles. The fraction of sp³-hybridized carbons (Fsp3) is 0.867. The van der Waals surface area contributed by atoms with E-state index in [1.54, 1.807) is 0 Å². The van der Waals surface area contributed by atoms with Gasteiger partial charge in [0, 0.05) is 31.5 Å². The molecule has 0 heterocycles. The van der Waals surface area contributed by atoms with Gasteiger partial charge in [-0.3, -0.25) is 9.59 Å². The van der Waals surface area contributed by atoms with Crippen molar-refractivity contribution in [3.05, 3.63) is 0 Å². The van der Waals surface area contributed by atoms with E-state index in [0.29, 0.717) is 13.0 Å². The maximum absolute atomic E-state index is 11.9. The first-order valence-electron chi connectivity index (χ1n) is 7.91. The van der Waals surface area contributed by atoms with Crippen molar-refractivity contribution in [1.82, 2.24) is 16.0 Å². The molecular weight excluding hydrogens is 254 g/mol. The summed E-state index contributed by atoms with van der Waals surface area (Å²) in [4.78, 5) is 23.6. The molecule has 5 nitrogen and oxygen atoms in total. The molecular formula is C15H29N3O2. The van der Waals surface area contributed by atoms with Crippen molar-refractivity contribution in [2.45, 2.75) is 58.4 Å². The van der Waals surface area contributed by atoms with E-state index in [-0.39, 0.29) is 23.8 Å². The average molecular weight is 283 g/mol. The van der Waals surface area contributed by atoms with E-state index in [0.717, 1.165) is 45.2 Å². The Hall–Kier alpha value is -1.10. The van der Waals surface area contributed by atoms with Crippen molar-refractivity contribution in [3.63, 3.8) is 0 Å². The highest BCUT2D eigenvalue weighted by Crippen LogP contribution is 2.24. The summed E-state index contributed by atoms with van der Waals surface area (Å²) in [6.07, 6.45) is 5.74. The first-order chi connectivity index (χ1) is 9.63. The van der Waals surface area contributed by atoms with Crippen molar-refractivity contribution in [3.8, 4) is 0 Å². The summed E-state index contributed by atoms with van der Waals surface area (Å²) < 4.78 is 0. The molecule has 20 heavy (non-hydrogen) atoms. The number of carbonyl (C=O) groups excluding carboxylic acids is 2. The lowest BCUT2D eigenvalue weighted by molar-refractivity contribution is -0.126. The van der Waals surface area contributed by atoms with Crippen LogP contribution in [0.2, 0.25) is 0 Å². The quantitative estimate of drug-likeness (QED) is 0.557. The summed E-state index contributed by atoms with van der Waals surface area (Å²) >= 11 is 0. The number of nitrogens with one attached hydrogen (secondary N) is 3. The van der Waals surface area contributed by atoms with Crippen molar-refractivity contribution >= 4 is 11.8 Å². The zero-order valence-electron chi connectivity index (χ0n) is 12.8. The fourth-order valence-electron chi connectivity index (χ4n) is 2.54. The van der Waals surface area contributed by atoms with E-state index in [1.165, 1.54) is 0 Å². The highest BCUT2D eigenvalue weighted by molar-refractivity contribution is 5.81. The van der Waals surface area contributed by atoms with Crippen LogP contribution in [0.25, 0.3) is 0 Å². The Kier molecular flexibility index (Phi) is 8.26. The summed E-state index contributed by atoms with van der Waals surface area (Å²) in [5, 5.41) is 9.04. The molecule has 0 saturated heterocycles. The summed E-state index contributed by atoms with van der Waals surface area (Å²) in [5.41, 5.74) is 0. The smallest absolute Gasteiger partial charge is 0.223 e. The summed E-state index contributed by atoms with van der Waals surface area (Å²) in [6.45, 7) is 6.41. The van der Waals surface area contributed by atoms with Crippen LogP contribution in [0.5, 0.6) is 0 Å². The first kappa shape index (κ1) is 17.0. The fourth-order valence-corrected chi connectivity index (χ4v) is 2.54. The number of hydrogen-bond donors (Lipinski definition) is 3. The lowest BCUT2D eigenvalue weighted by atomic mass is 10.1. The summed E-state index contributed by atoms with van der Waals surface area (Å²) in [5.74, 6) is 0.286. The van der Waals surface area contributed by atoms with E-state index in [1.807, 2.05) is 6.92 Å². The molecule has 0 radical (unpaired) electrons. The molecule has 1 aliphatic rings. The Bertz CT molecular complexity index is 301. The SMILES string of the molecule is CCCNCCNC(=O)CC(C)NC(=O)C1CCCC1. The van der Waals surface area contributed by atoms with Crippen LogP contribution in [-0.2, 0) is 9.59 Å². The van der Waals surface area contributed by atoms with Crippen LogP contribution in [0, 0.1) is 5.92 Å². The van der Waals surface area contributed by atoms with Gasteiger partial charge in [0.1, 0.15) is 0 Å². The Balaban J connectivity index is 2.09. The number of carbonyl (C=O) groups is 2. The van der Waals surface area contributed by atoms with Crippen LogP contribution in [0.4, 0.5) is 0 Å². The molecule has 0 aromatic rings. The Morgan fingerprint density at radius 2 is 1.85 bits per heavy atom. The third-order valence-corrected chi connectivity index (χ3v) is 3.66. The van der Waals surface area contributed by atoms with Gasteiger partial charge in [-0.1, -0.05) is 19.8 Å². The monoisotopic (exact) mass is 283 g/mol. The highest BCUT2D eigenvalue weighted by atomic mass is 16.2. The second kappa shape index (κ2) is 9.75. The molecule has 3 N–H and O–H groups in total. The van der Waals surface area contributed by atoms with E-state index in [4.69, 9.17) is 0 Å². The van der Waals surface area contributed by atoms with Gasteiger partial charge >= 0.3 is 0 Å². The van der Waals surface area contributed by atoms with Crippen LogP contribution in [-0.4, -0.2) is 37.5 Å². The molecule has 0 spiro atoms. The predicted octanol–water partition coefficient (Wildman–Crippen LogP) is 1.19. The van der Waals surface area contributed by atoms with Crippen LogP contribution in [0.15, 0.2) is 0 Å².